The summed E-state index contributed by atoms with van der Waals surface area (Å²) in [5, 5.41) is 10.0. The molecule has 0 spiro atoms. The summed E-state index contributed by atoms with van der Waals surface area (Å²) in [7, 11) is -3.21. The van der Waals surface area contributed by atoms with Crippen LogP contribution in [0.5, 0.6) is 0 Å². The van der Waals surface area contributed by atoms with Gasteiger partial charge in [-0.15, -0.1) is 0 Å². The zero-order valence-corrected chi connectivity index (χ0v) is 14.2. The lowest BCUT2D eigenvalue weighted by molar-refractivity contribution is 0.157. The number of allylic oxidation sites excluding steroid dienone is 2. The molecule has 0 aromatic carbocycles. The molecule has 0 saturated heterocycles. The zero-order chi connectivity index (χ0) is 15.6. The van der Waals surface area contributed by atoms with Crippen LogP contribution in [0, 0.1) is 5.92 Å². The van der Waals surface area contributed by atoms with Crippen LogP contribution in [0.15, 0.2) is 23.5 Å². The highest BCUT2D eigenvalue weighted by molar-refractivity contribution is 7.57. The van der Waals surface area contributed by atoms with Crippen molar-refractivity contribution in [3.63, 3.8) is 0 Å². The summed E-state index contributed by atoms with van der Waals surface area (Å²) >= 11 is 0. The van der Waals surface area contributed by atoms with Gasteiger partial charge in [0.15, 0.2) is 0 Å². The van der Waals surface area contributed by atoms with Crippen molar-refractivity contribution in [2.45, 2.75) is 53.6 Å². The van der Waals surface area contributed by atoms with Crippen molar-refractivity contribution in [1.82, 2.24) is 0 Å². The fraction of sp³-hybridized carbons (Fsp3) is 0.733. The first-order valence-electron chi connectivity index (χ1n) is 7.24. The molecule has 4 nitrogen and oxygen atoms in total. The van der Waals surface area contributed by atoms with Gasteiger partial charge in [-0.3, -0.25) is 4.57 Å². The summed E-state index contributed by atoms with van der Waals surface area (Å²) in [4.78, 5) is 0. The molecule has 0 rings (SSSR count). The normalized spacial score (nSPS) is 15.3. The van der Waals surface area contributed by atoms with E-state index in [4.69, 9.17) is 9.05 Å². The third-order valence-electron chi connectivity index (χ3n) is 2.84. The van der Waals surface area contributed by atoms with Crippen LogP contribution in [0.3, 0.4) is 0 Å². The molecular formula is C15H29O4P. The average Bonchev–Trinajstić information content (AvgIpc) is 2.36. The topological polar surface area (TPSA) is 55.8 Å². The minimum absolute atomic E-state index is 0.0959. The molecule has 0 radical (unpaired) electrons. The lowest BCUT2D eigenvalue weighted by atomic mass is 9.98. The molecule has 20 heavy (non-hydrogen) atoms. The molecule has 0 amide bonds. The van der Waals surface area contributed by atoms with Gasteiger partial charge in [0.1, 0.15) is 0 Å². The van der Waals surface area contributed by atoms with Crippen LogP contribution < -0.4 is 0 Å². The minimum atomic E-state index is -3.21. The van der Waals surface area contributed by atoms with Crippen LogP contribution >= 0.6 is 7.60 Å². The van der Waals surface area contributed by atoms with E-state index in [1.807, 2.05) is 6.92 Å². The highest BCUT2D eigenvalue weighted by Crippen LogP contribution is 2.49. The lowest BCUT2D eigenvalue weighted by Gasteiger charge is -2.17. The highest BCUT2D eigenvalue weighted by Gasteiger charge is 2.20. The fourth-order valence-electron chi connectivity index (χ4n) is 1.67. The Hall–Kier alpha value is -0.410. The Morgan fingerprint density at radius 2 is 1.80 bits per heavy atom. The quantitative estimate of drug-likeness (QED) is 0.476. The number of hydrogen-bond acceptors (Lipinski definition) is 4. The standard InChI is InChI=1S/C15H29O4P/c1-6-18-20(17,19-7-2)12-11-15(16)14(5)10-8-9-13(3)4/h9,11-12,14-16H,6-8,10H2,1-5H3/b12-11+. The Morgan fingerprint density at radius 1 is 1.25 bits per heavy atom. The predicted octanol–water partition coefficient (Wildman–Crippen LogP) is 4.51. The van der Waals surface area contributed by atoms with Gasteiger partial charge < -0.3 is 14.2 Å². The summed E-state index contributed by atoms with van der Waals surface area (Å²) in [6.07, 6.45) is 4.85. The molecule has 0 fully saturated rings. The highest BCUT2D eigenvalue weighted by atomic mass is 31.2. The van der Waals surface area contributed by atoms with E-state index < -0.39 is 13.7 Å². The van der Waals surface area contributed by atoms with E-state index in [1.54, 1.807) is 13.8 Å². The Kier molecular flexibility index (Phi) is 10.1. The predicted molar refractivity (Wildman–Crippen MR) is 83.8 cm³/mol. The molecule has 0 aliphatic carbocycles. The van der Waals surface area contributed by atoms with Gasteiger partial charge in [-0.05, 0) is 52.5 Å². The average molecular weight is 304 g/mol. The molecule has 0 heterocycles. The number of hydrogen-bond donors (Lipinski definition) is 1. The Labute approximate surface area is 123 Å². The largest absolute Gasteiger partial charge is 0.389 e. The van der Waals surface area contributed by atoms with Crippen molar-refractivity contribution >= 4 is 7.60 Å². The van der Waals surface area contributed by atoms with E-state index in [0.717, 1.165) is 12.8 Å². The van der Waals surface area contributed by atoms with Gasteiger partial charge in [-0.2, -0.15) is 0 Å². The molecule has 0 aliphatic rings. The molecule has 0 bridgehead atoms. The maximum atomic E-state index is 12.2. The number of aliphatic hydroxyl groups excluding tert-OH is 1. The Balaban J connectivity index is 4.46. The summed E-state index contributed by atoms with van der Waals surface area (Å²) in [6.45, 7) is 10.2. The minimum Gasteiger partial charge on any atom is -0.389 e. The van der Waals surface area contributed by atoms with E-state index >= 15 is 0 Å². The molecular weight excluding hydrogens is 275 g/mol. The van der Waals surface area contributed by atoms with Crippen LogP contribution in [0.2, 0.25) is 0 Å². The van der Waals surface area contributed by atoms with Crippen LogP contribution in [-0.4, -0.2) is 24.4 Å². The Bertz CT molecular complexity index is 349. The molecule has 0 aromatic rings. The maximum Gasteiger partial charge on any atom is 0.353 e. The molecule has 5 heteroatoms. The van der Waals surface area contributed by atoms with E-state index in [-0.39, 0.29) is 5.92 Å². The van der Waals surface area contributed by atoms with E-state index in [1.165, 1.54) is 17.5 Å². The van der Waals surface area contributed by atoms with Gasteiger partial charge in [0.2, 0.25) is 0 Å². The van der Waals surface area contributed by atoms with Crippen LogP contribution in [0.25, 0.3) is 0 Å². The summed E-state index contributed by atoms with van der Waals surface area (Å²) in [6, 6.07) is 0. The van der Waals surface area contributed by atoms with Crippen molar-refractivity contribution in [1.29, 1.82) is 0 Å². The van der Waals surface area contributed by atoms with Gasteiger partial charge in [0, 0.05) is 5.82 Å². The van der Waals surface area contributed by atoms with Crippen molar-refractivity contribution in [3.05, 3.63) is 23.5 Å². The lowest BCUT2D eigenvalue weighted by Crippen LogP contribution is -2.14. The third-order valence-corrected chi connectivity index (χ3v) is 4.61. The molecule has 1 N–H and O–H groups in total. The van der Waals surface area contributed by atoms with Gasteiger partial charge >= 0.3 is 7.60 Å². The smallest absolute Gasteiger partial charge is 0.353 e. The second-order valence-electron chi connectivity index (χ2n) is 5.04. The van der Waals surface area contributed by atoms with Gasteiger partial charge in [0.05, 0.1) is 19.3 Å². The second-order valence-corrected chi connectivity index (χ2v) is 6.94. The first kappa shape index (κ1) is 19.6. The van der Waals surface area contributed by atoms with E-state index in [9.17, 15) is 9.67 Å². The summed E-state index contributed by atoms with van der Waals surface area (Å²) < 4.78 is 22.5. The first-order valence-corrected chi connectivity index (χ1v) is 8.85. The van der Waals surface area contributed by atoms with Gasteiger partial charge in [0.25, 0.3) is 0 Å². The van der Waals surface area contributed by atoms with Gasteiger partial charge in [-0.1, -0.05) is 18.6 Å². The molecule has 0 aromatic heterocycles. The maximum absolute atomic E-state index is 12.2. The van der Waals surface area contributed by atoms with Crippen LogP contribution in [0.4, 0.5) is 0 Å². The van der Waals surface area contributed by atoms with Crippen molar-refractivity contribution in [3.8, 4) is 0 Å². The third kappa shape index (κ3) is 8.70. The van der Waals surface area contributed by atoms with Crippen molar-refractivity contribution < 1.29 is 18.7 Å². The molecule has 0 saturated carbocycles. The molecule has 2 unspecified atom stereocenters. The molecule has 118 valence electrons. The SMILES string of the molecule is CCOP(=O)(/C=C/C(O)C(C)CCC=C(C)C)OCC. The second kappa shape index (κ2) is 10.3. The van der Waals surface area contributed by atoms with Crippen LogP contribution in [0.1, 0.15) is 47.5 Å². The monoisotopic (exact) mass is 304 g/mol. The van der Waals surface area contributed by atoms with E-state index in [0.29, 0.717) is 13.2 Å². The molecule has 2 atom stereocenters. The first-order chi connectivity index (χ1) is 9.34. The van der Waals surface area contributed by atoms with Gasteiger partial charge in [-0.25, -0.2) is 0 Å². The Morgan fingerprint density at radius 3 is 2.25 bits per heavy atom. The number of aliphatic hydroxyl groups is 1. The van der Waals surface area contributed by atoms with Crippen LogP contribution in [-0.2, 0) is 13.6 Å². The zero-order valence-electron chi connectivity index (χ0n) is 13.3. The van der Waals surface area contributed by atoms with Crippen molar-refractivity contribution in [2.24, 2.45) is 5.92 Å². The molecule has 0 aliphatic heterocycles. The summed E-state index contributed by atoms with van der Waals surface area (Å²) in [5.41, 5.74) is 1.28. The van der Waals surface area contributed by atoms with Crippen molar-refractivity contribution in [2.75, 3.05) is 13.2 Å². The fourth-order valence-corrected chi connectivity index (χ4v) is 3.03. The number of rotatable bonds is 10. The summed E-state index contributed by atoms with van der Waals surface area (Å²) in [5.74, 6) is 1.47. The van der Waals surface area contributed by atoms with E-state index in [2.05, 4.69) is 19.9 Å².